The quantitative estimate of drug-likeness (QED) is 0.758. The second-order valence-corrected chi connectivity index (χ2v) is 4.34. The zero-order valence-corrected chi connectivity index (χ0v) is 9.03. The monoisotopic (exact) mass is 200 g/mol. The minimum atomic E-state index is -0.800. The molecule has 0 aromatic rings. The van der Waals surface area contributed by atoms with Gasteiger partial charge in [0.05, 0.1) is 6.10 Å². The molecule has 0 bridgehead atoms. The van der Waals surface area contributed by atoms with E-state index < -0.39 is 12.1 Å². The third-order valence-corrected chi connectivity index (χ3v) is 2.74. The third-order valence-electron chi connectivity index (χ3n) is 2.74. The molecular weight excluding hydrogens is 180 g/mol. The van der Waals surface area contributed by atoms with Crippen LogP contribution in [0.15, 0.2) is 0 Å². The first-order valence-electron chi connectivity index (χ1n) is 5.49. The Morgan fingerprint density at radius 2 is 1.86 bits per heavy atom. The van der Waals surface area contributed by atoms with Gasteiger partial charge in [0, 0.05) is 0 Å². The van der Waals surface area contributed by atoms with Crippen LogP contribution in [0.3, 0.4) is 0 Å². The molecule has 3 nitrogen and oxygen atoms in total. The van der Waals surface area contributed by atoms with Crippen molar-refractivity contribution in [1.29, 1.82) is 0 Å². The molecule has 1 aliphatic carbocycles. The van der Waals surface area contributed by atoms with E-state index in [0.29, 0.717) is 0 Å². The van der Waals surface area contributed by atoms with Gasteiger partial charge >= 0.3 is 5.97 Å². The van der Waals surface area contributed by atoms with Crippen LogP contribution in [0.2, 0.25) is 0 Å². The predicted molar refractivity (Wildman–Crippen MR) is 54.2 cm³/mol. The van der Waals surface area contributed by atoms with Gasteiger partial charge in [-0.25, -0.2) is 4.79 Å². The maximum absolute atomic E-state index is 11.0. The van der Waals surface area contributed by atoms with Gasteiger partial charge in [-0.05, 0) is 32.6 Å². The lowest BCUT2D eigenvalue weighted by atomic mass is 9.85. The highest BCUT2D eigenvalue weighted by Crippen LogP contribution is 2.28. The van der Waals surface area contributed by atoms with Crippen LogP contribution in [0, 0.1) is 5.92 Å². The molecule has 0 radical (unpaired) electrons. The van der Waals surface area contributed by atoms with Crippen molar-refractivity contribution >= 4 is 5.97 Å². The van der Waals surface area contributed by atoms with E-state index in [0.717, 1.165) is 25.7 Å². The smallest absolute Gasteiger partial charge is 0.333 e. The molecule has 0 spiro atoms. The van der Waals surface area contributed by atoms with Crippen molar-refractivity contribution in [1.82, 2.24) is 0 Å². The van der Waals surface area contributed by atoms with Crippen molar-refractivity contribution in [2.24, 2.45) is 5.92 Å². The second-order valence-electron chi connectivity index (χ2n) is 4.34. The molecule has 0 heterocycles. The molecule has 14 heavy (non-hydrogen) atoms. The average molecular weight is 200 g/mol. The molecule has 82 valence electrons. The number of carbonyl (C=O) groups is 1. The molecule has 1 fully saturated rings. The van der Waals surface area contributed by atoms with Gasteiger partial charge in [0.25, 0.3) is 0 Å². The highest BCUT2D eigenvalue weighted by Gasteiger charge is 2.30. The van der Waals surface area contributed by atoms with Crippen LogP contribution in [0.4, 0.5) is 0 Å². The largest absolute Gasteiger partial charge is 0.479 e. The Bertz CT molecular complexity index is 183. The summed E-state index contributed by atoms with van der Waals surface area (Å²) in [6.45, 7) is 3.78. The molecule has 0 aromatic heterocycles. The first-order chi connectivity index (χ1) is 6.61. The van der Waals surface area contributed by atoms with Gasteiger partial charge in [-0.3, -0.25) is 0 Å². The fourth-order valence-electron chi connectivity index (χ4n) is 2.10. The molecule has 3 heteroatoms. The highest BCUT2D eigenvalue weighted by atomic mass is 16.5. The van der Waals surface area contributed by atoms with Gasteiger partial charge in [-0.2, -0.15) is 0 Å². The first kappa shape index (κ1) is 11.5. The van der Waals surface area contributed by atoms with E-state index in [-0.39, 0.29) is 12.0 Å². The highest BCUT2D eigenvalue weighted by molar-refractivity contribution is 5.72. The first-order valence-corrected chi connectivity index (χ1v) is 5.49. The fraction of sp³-hybridized carbons (Fsp3) is 0.909. The second kappa shape index (κ2) is 5.35. The normalized spacial score (nSPS) is 21.1. The standard InChI is InChI=1S/C11H20O3/c1-8(2)14-10(11(12)13)9-6-4-3-5-7-9/h8-10H,3-7H2,1-2H3,(H,12,13)/t10-/m0/s1. The summed E-state index contributed by atoms with van der Waals surface area (Å²) in [5, 5.41) is 9.05. The van der Waals surface area contributed by atoms with Gasteiger partial charge < -0.3 is 9.84 Å². The van der Waals surface area contributed by atoms with Crippen molar-refractivity contribution in [3.05, 3.63) is 0 Å². The molecule has 0 amide bonds. The molecular formula is C11H20O3. The van der Waals surface area contributed by atoms with Crippen LogP contribution in [0.5, 0.6) is 0 Å². The van der Waals surface area contributed by atoms with E-state index >= 15 is 0 Å². The van der Waals surface area contributed by atoms with Crippen LogP contribution in [0.25, 0.3) is 0 Å². The number of carboxylic acid groups (broad SMARTS) is 1. The Balaban J connectivity index is 2.51. The summed E-state index contributed by atoms with van der Waals surface area (Å²) < 4.78 is 5.45. The van der Waals surface area contributed by atoms with Crippen molar-refractivity contribution in [3.8, 4) is 0 Å². The molecule has 1 atom stereocenters. The SMILES string of the molecule is CC(C)O[C@H](C(=O)O)C1CCCCC1. The van der Waals surface area contributed by atoms with Crippen LogP contribution in [-0.4, -0.2) is 23.3 Å². The summed E-state index contributed by atoms with van der Waals surface area (Å²) in [6, 6.07) is 0. The maximum Gasteiger partial charge on any atom is 0.333 e. The fourth-order valence-corrected chi connectivity index (χ4v) is 2.10. The van der Waals surface area contributed by atoms with Gasteiger partial charge in [-0.15, -0.1) is 0 Å². The topological polar surface area (TPSA) is 46.5 Å². The van der Waals surface area contributed by atoms with Crippen LogP contribution in [0.1, 0.15) is 46.0 Å². The number of aliphatic carboxylic acids is 1. The zero-order valence-electron chi connectivity index (χ0n) is 9.03. The Hall–Kier alpha value is -0.570. The van der Waals surface area contributed by atoms with Gasteiger partial charge in [0.1, 0.15) is 0 Å². The lowest BCUT2D eigenvalue weighted by Crippen LogP contribution is -2.35. The van der Waals surface area contributed by atoms with E-state index in [1.807, 2.05) is 13.8 Å². The summed E-state index contributed by atoms with van der Waals surface area (Å²) in [5.74, 6) is -0.575. The van der Waals surface area contributed by atoms with E-state index in [2.05, 4.69) is 0 Å². The average Bonchev–Trinajstić information content (AvgIpc) is 2.15. The number of hydrogen-bond donors (Lipinski definition) is 1. The Morgan fingerprint density at radius 3 is 2.29 bits per heavy atom. The summed E-state index contributed by atoms with van der Waals surface area (Å²) in [7, 11) is 0. The summed E-state index contributed by atoms with van der Waals surface area (Å²) in [5.41, 5.74) is 0. The van der Waals surface area contributed by atoms with Crippen LogP contribution in [-0.2, 0) is 9.53 Å². The molecule has 1 aliphatic rings. The van der Waals surface area contributed by atoms with Crippen molar-refractivity contribution in [3.63, 3.8) is 0 Å². The molecule has 1 rings (SSSR count). The van der Waals surface area contributed by atoms with Gasteiger partial charge in [0.2, 0.25) is 0 Å². The van der Waals surface area contributed by atoms with Crippen LogP contribution < -0.4 is 0 Å². The maximum atomic E-state index is 11.0. The number of rotatable bonds is 4. The minimum absolute atomic E-state index is 0.00183. The third kappa shape index (κ3) is 3.29. The summed E-state index contributed by atoms with van der Waals surface area (Å²) >= 11 is 0. The molecule has 0 unspecified atom stereocenters. The molecule has 1 N–H and O–H groups in total. The van der Waals surface area contributed by atoms with Crippen molar-refractivity contribution in [2.75, 3.05) is 0 Å². The Labute approximate surface area is 85.5 Å². The molecule has 0 saturated heterocycles. The summed E-state index contributed by atoms with van der Waals surface area (Å²) in [4.78, 5) is 11.0. The Morgan fingerprint density at radius 1 is 1.29 bits per heavy atom. The Kier molecular flexibility index (Phi) is 4.39. The van der Waals surface area contributed by atoms with Crippen LogP contribution >= 0.6 is 0 Å². The van der Waals surface area contributed by atoms with Crippen molar-refractivity contribution in [2.45, 2.75) is 58.2 Å². The molecule has 0 aromatic carbocycles. The number of hydrogen-bond acceptors (Lipinski definition) is 2. The summed E-state index contributed by atoms with van der Waals surface area (Å²) in [6.07, 6.45) is 4.96. The van der Waals surface area contributed by atoms with Gasteiger partial charge in [-0.1, -0.05) is 19.3 Å². The number of ether oxygens (including phenoxy) is 1. The zero-order chi connectivity index (χ0) is 10.6. The minimum Gasteiger partial charge on any atom is -0.479 e. The lowest BCUT2D eigenvalue weighted by Gasteiger charge is -2.28. The van der Waals surface area contributed by atoms with E-state index in [4.69, 9.17) is 9.84 Å². The van der Waals surface area contributed by atoms with E-state index in [1.165, 1.54) is 6.42 Å². The molecule has 1 saturated carbocycles. The van der Waals surface area contributed by atoms with E-state index in [1.54, 1.807) is 0 Å². The lowest BCUT2D eigenvalue weighted by molar-refractivity contribution is -0.158. The van der Waals surface area contributed by atoms with Crippen molar-refractivity contribution < 1.29 is 14.6 Å². The van der Waals surface area contributed by atoms with Gasteiger partial charge in [0.15, 0.2) is 6.10 Å². The predicted octanol–water partition coefficient (Wildman–Crippen LogP) is 2.44. The molecule has 0 aliphatic heterocycles. The number of carboxylic acids is 1. The van der Waals surface area contributed by atoms with E-state index in [9.17, 15) is 4.79 Å².